The summed E-state index contributed by atoms with van der Waals surface area (Å²) >= 11 is 6.05. The van der Waals surface area contributed by atoms with E-state index in [9.17, 15) is 9.90 Å². The van der Waals surface area contributed by atoms with E-state index in [1.54, 1.807) is 31.2 Å². The summed E-state index contributed by atoms with van der Waals surface area (Å²) in [5, 5.41) is 11.0. The molecule has 1 rings (SSSR count). The van der Waals surface area contributed by atoms with Gasteiger partial charge in [-0.15, -0.1) is 0 Å². The van der Waals surface area contributed by atoms with E-state index in [0.717, 1.165) is 0 Å². The Hall–Kier alpha value is -1.06. The van der Waals surface area contributed by atoms with Gasteiger partial charge in [-0.2, -0.15) is 0 Å². The Bertz CT molecular complexity index is 401. The summed E-state index contributed by atoms with van der Waals surface area (Å²) in [6.45, 7) is 3.41. The van der Waals surface area contributed by atoms with E-state index < -0.39 is 17.5 Å². The van der Waals surface area contributed by atoms with Gasteiger partial charge in [0.15, 0.2) is 0 Å². The fraction of sp³-hybridized carbons (Fsp3) is 0.462. The molecule has 1 aromatic carbocycles. The van der Waals surface area contributed by atoms with Gasteiger partial charge in [0.05, 0.1) is 13.0 Å². The van der Waals surface area contributed by atoms with Crippen LogP contribution in [0.15, 0.2) is 24.3 Å². The van der Waals surface area contributed by atoms with Crippen LogP contribution in [0.1, 0.15) is 25.8 Å². The number of benzene rings is 1. The molecular formula is C13H17ClO3. The maximum absolute atomic E-state index is 11.6. The first-order chi connectivity index (χ1) is 7.95. The topological polar surface area (TPSA) is 46.5 Å². The lowest BCUT2D eigenvalue weighted by Gasteiger charge is -2.31. The lowest BCUT2D eigenvalue weighted by Crippen LogP contribution is -2.37. The Kier molecular flexibility index (Phi) is 4.54. The lowest BCUT2D eigenvalue weighted by atomic mass is 9.81. The van der Waals surface area contributed by atoms with Gasteiger partial charge in [-0.1, -0.05) is 36.7 Å². The number of methoxy groups -OCH3 is 1. The number of carbonyl (C=O) groups is 1. The Labute approximate surface area is 106 Å². The maximum atomic E-state index is 11.6. The minimum Gasteiger partial charge on any atom is -0.469 e. The zero-order valence-electron chi connectivity index (χ0n) is 10.2. The van der Waals surface area contributed by atoms with Crippen LogP contribution in [0.2, 0.25) is 5.02 Å². The fourth-order valence-electron chi connectivity index (χ4n) is 2.00. The van der Waals surface area contributed by atoms with Gasteiger partial charge in [-0.3, -0.25) is 4.79 Å². The summed E-state index contributed by atoms with van der Waals surface area (Å²) < 4.78 is 4.71. The number of ether oxygens (including phenoxy) is 1. The van der Waals surface area contributed by atoms with Gasteiger partial charge in [-0.25, -0.2) is 0 Å². The molecule has 17 heavy (non-hydrogen) atoms. The number of carbonyl (C=O) groups excluding carboxylic acids is 1. The van der Waals surface area contributed by atoms with Crippen molar-refractivity contribution in [2.24, 2.45) is 5.92 Å². The van der Waals surface area contributed by atoms with Gasteiger partial charge in [0, 0.05) is 10.6 Å². The smallest absolute Gasteiger partial charge is 0.311 e. The number of esters is 1. The first kappa shape index (κ1) is 14.0. The van der Waals surface area contributed by atoms with Crippen LogP contribution in [0.4, 0.5) is 0 Å². The molecule has 0 radical (unpaired) electrons. The van der Waals surface area contributed by atoms with E-state index in [2.05, 4.69) is 0 Å². The molecule has 2 unspecified atom stereocenters. The van der Waals surface area contributed by atoms with Crippen molar-refractivity contribution >= 4 is 17.6 Å². The van der Waals surface area contributed by atoms with E-state index in [-0.39, 0.29) is 0 Å². The van der Waals surface area contributed by atoms with Gasteiger partial charge < -0.3 is 9.84 Å². The van der Waals surface area contributed by atoms with E-state index >= 15 is 0 Å². The highest BCUT2D eigenvalue weighted by molar-refractivity contribution is 6.31. The van der Waals surface area contributed by atoms with E-state index in [0.29, 0.717) is 17.0 Å². The number of rotatable bonds is 4. The van der Waals surface area contributed by atoms with Crippen molar-refractivity contribution in [3.63, 3.8) is 0 Å². The maximum Gasteiger partial charge on any atom is 0.311 e. The van der Waals surface area contributed by atoms with Crippen molar-refractivity contribution < 1.29 is 14.6 Å². The second-order valence-electron chi connectivity index (χ2n) is 4.11. The molecule has 1 N–H and O–H groups in total. The lowest BCUT2D eigenvalue weighted by molar-refractivity contribution is -0.155. The molecule has 0 saturated carbocycles. The van der Waals surface area contributed by atoms with E-state index in [4.69, 9.17) is 16.3 Å². The molecule has 0 amide bonds. The summed E-state index contributed by atoms with van der Waals surface area (Å²) in [6.07, 6.45) is 0.477. The third-order valence-electron chi connectivity index (χ3n) is 2.99. The minimum atomic E-state index is -1.33. The predicted molar refractivity (Wildman–Crippen MR) is 66.8 cm³/mol. The molecule has 0 fully saturated rings. The molecule has 0 spiro atoms. The molecule has 0 aliphatic heterocycles. The molecule has 0 saturated heterocycles. The Morgan fingerprint density at radius 3 is 2.59 bits per heavy atom. The third kappa shape index (κ3) is 2.79. The molecule has 0 aliphatic rings. The van der Waals surface area contributed by atoms with Gasteiger partial charge in [0.25, 0.3) is 0 Å². The van der Waals surface area contributed by atoms with Gasteiger partial charge in [0.1, 0.15) is 5.60 Å². The first-order valence-electron chi connectivity index (χ1n) is 5.50. The molecule has 0 aromatic heterocycles. The van der Waals surface area contributed by atoms with Crippen LogP contribution < -0.4 is 0 Å². The van der Waals surface area contributed by atoms with Crippen molar-refractivity contribution in [2.45, 2.75) is 25.9 Å². The van der Waals surface area contributed by atoms with Crippen molar-refractivity contribution in [1.82, 2.24) is 0 Å². The Morgan fingerprint density at radius 1 is 1.53 bits per heavy atom. The highest BCUT2D eigenvalue weighted by Gasteiger charge is 2.39. The van der Waals surface area contributed by atoms with Crippen LogP contribution in [-0.2, 0) is 15.1 Å². The van der Waals surface area contributed by atoms with Crippen molar-refractivity contribution in [1.29, 1.82) is 0 Å². The van der Waals surface area contributed by atoms with Crippen molar-refractivity contribution in [3.05, 3.63) is 34.9 Å². The van der Waals surface area contributed by atoms with Gasteiger partial charge in [0.2, 0.25) is 0 Å². The zero-order valence-corrected chi connectivity index (χ0v) is 11.0. The quantitative estimate of drug-likeness (QED) is 0.843. The molecule has 0 bridgehead atoms. The van der Waals surface area contributed by atoms with Crippen LogP contribution >= 0.6 is 11.6 Å². The molecule has 94 valence electrons. The van der Waals surface area contributed by atoms with Crippen LogP contribution in [0, 0.1) is 5.92 Å². The first-order valence-corrected chi connectivity index (χ1v) is 5.88. The summed E-state index contributed by atoms with van der Waals surface area (Å²) in [5.74, 6) is -1.06. The number of aliphatic hydroxyl groups is 1. The number of halogens is 1. The largest absolute Gasteiger partial charge is 0.469 e. The van der Waals surface area contributed by atoms with E-state index in [1.165, 1.54) is 7.11 Å². The average Bonchev–Trinajstić information content (AvgIpc) is 2.29. The number of hydrogen-bond acceptors (Lipinski definition) is 3. The molecule has 4 heteroatoms. The minimum absolute atomic E-state index is 0.433. The highest BCUT2D eigenvalue weighted by Crippen LogP contribution is 2.36. The van der Waals surface area contributed by atoms with Crippen LogP contribution in [0.25, 0.3) is 0 Å². The fourth-order valence-corrected chi connectivity index (χ4v) is 2.32. The summed E-state index contributed by atoms with van der Waals surface area (Å²) in [5.41, 5.74) is -0.792. The normalized spacial score (nSPS) is 16.1. The zero-order chi connectivity index (χ0) is 13.1. The molecule has 3 nitrogen and oxygen atoms in total. The van der Waals surface area contributed by atoms with E-state index in [1.807, 2.05) is 6.92 Å². The summed E-state index contributed by atoms with van der Waals surface area (Å²) in [6, 6.07) is 6.96. The Balaban J connectivity index is 3.17. The molecular weight excluding hydrogens is 240 g/mol. The van der Waals surface area contributed by atoms with Crippen LogP contribution in [-0.4, -0.2) is 18.2 Å². The van der Waals surface area contributed by atoms with Crippen molar-refractivity contribution in [2.75, 3.05) is 7.11 Å². The van der Waals surface area contributed by atoms with Gasteiger partial charge in [-0.05, 0) is 19.4 Å². The predicted octanol–water partition coefficient (Wildman–Crippen LogP) is 2.75. The van der Waals surface area contributed by atoms with Crippen molar-refractivity contribution in [3.8, 4) is 0 Å². The second kappa shape index (κ2) is 5.52. The van der Waals surface area contributed by atoms with Crippen LogP contribution in [0.3, 0.4) is 0 Å². The Morgan fingerprint density at radius 2 is 2.12 bits per heavy atom. The molecule has 1 aromatic rings. The SMILES string of the molecule is CCC(C(=O)OC)C(C)(O)c1ccccc1Cl. The average molecular weight is 257 g/mol. The molecule has 0 aliphatic carbocycles. The third-order valence-corrected chi connectivity index (χ3v) is 3.32. The van der Waals surface area contributed by atoms with Crippen LogP contribution in [0.5, 0.6) is 0 Å². The standard InChI is InChI=1S/C13H17ClO3/c1-4-9(12(15)17-3)13(2,16)10-7-5-6-8-11(10)14/h5-9,16H,4H2,1-3H3. The number of hydrogen-bond donors (Lipinski definition) is 1. The molecule has 0 heterocycles. The monoisotopic (exact) mass is 256 g/mol. The molecule has 2 atom stereocenters. The summed E-state index contributed by atoms with van der Waals surface area (Å²) in [7, 11) is 1.31. The summed E-state index contributed by atoms with van der Waals surface area (Å²) in [4.78, 5) is 11.6. The second-order valence-corrected chi connectivity index (χ2v) is 4.52. The van der Waals surface area contributed by atoms with Gasteiger partial charge >= 0.3 is 5.97 Å². The highest BCUT2D eigenvalue weighted by atomic mass is 35.5.